The third kappa shape index (κ3) is 2.53. The molecule has 2 aromatic heterocycles. The van der Waals surface area contributed by atoms with Gasteiger partial charge in [-0.2, -0.15) is 0 Å². The molecule has 0 amide bonds. The Bertz CT molecular complexity index is 545. The zero-order valence-electron chi connectivity index (χ0n) is 9.81. The van der Waals surface area contributed by atoms with Crippen LogP contribution in [0.5, 0.6) is 0 Å². The van der Waals surface area contributed by atoms with Crippen LogP contribution >= 0.6 is 22.7 Å². The smallest absolute Gasteiger partial charge is 0.350 e. The Morgan fingerprint density at radius 1 is 1.41 bits per heavy atom. The quantitative estimate of drug-likeness (QED) is 0.803. The highest BCUT2D eigenvalue weighted by molar-refractivity contribution is 7.17. The molecule has 0 bridgehead atoms. The molecule has 0 aliphatic heterocycles. The van der Waals surface area contributed by atoms with E-state index in [2.05, 4.69) is 9.97 Å². The fourth-order valence-corrected chi connectivity index (χ4v) is 2.95. The van der Waals surface area contributed by atoms with Crippen LogP contribution in [0.3, 0.4) is 0 Å². The van der Waals surface area contributed by atoms with Gasteiger partial charge in [0.1, 0.15) is 15.6 Å². The number of carbonyl (C=O) groups excluding carboxylic acids is 1. The van der Waals surface area contributed by atoms with Crippen molar-refractivity contribution in [1.82, 2.24) is 9.97 Å². The highest BCUT2D eigenvalue weighted by Gasteiger charge is 2.18. The Balaban J connectivity index is 2.33. The van der Waals surface area contributed by atoms with E-state index in [1.165, 1.54) is 11.3 Å². The summed E-state index contributed by atoms with van der Waals surface area (Å²) in [6.45, 7) is 5.92. The summed E-state index contributed by atoms with van der Waals surface area (Å²) in [5.41, 5.74) is 1.53. The molecule has 90 valence electrons. The molecule has 0 spiro atoms. The Morgan fingerprint density at radius 2 is 2.18 bits per heavy atom. The highest BCUT2D eigenvalue weighted by atomic mass is 32.1. The molecular formula is C11H12N2O2S2. The van der Waals surface area contributed by atoms with Crippen molar-refractivity contribution in [3.05, 3.63) is 21.0 Å². The largest absolute Gasteiger partial charge is 0.462 e. The zero-order valence-corrected chi connectivity index (χ0v) is 11.4. The fourth-order valence-electron chi connectivity index (χ4n) is 1.35. The van der Waals surface area contributed by atoms with E-state index in [1.807, 2.05) is 19.2 Å². The van der Waals surface area contributed by atoms with E-state index >= 15 is 0 Å². The molecule has 0 saturated heterocycles. The van der Waals surface area contributed by atoms with Gasteiger partial charge in [-0.05, 0) is 20.8 Å². The lowest BCUT2D eigenvalue weighted by molar-refractivity contribution is 0.0531. The molecule has 4 nitrogen and oxygen atoms in total. The van der Waals surface area contributed by atoms with Gasteiger partial charge in [-0.3, -0.25) is 0 Å². The van der Waals surface area contributed by atoms with Gasteiger partial charge in [-0.15, -0.1) is 22.7 Å². The molecule has 2 aromatic rings. The molecule has 0 radical (unpaired) electrons. The summed E-state index contributed by atoms with van der Waals surface area (Å²) < 4.78 is 4.98. The number of thiazole rings is 2. The number of aromatic nitrogens is 2. The second-order valence-electron chi connectivity index (χ2n) is 3.41. The SMILES string of the molecule is CCOC(=O)c1sc(-c2csc(C)n2)nc1C. The lowest BCUT2D eigenvalue weighted by atomic mass is 10.4. The number of carbonyl (C=O) groups is 1. The van der Waals surface area contributed by atoms with E-state index < -0.39 is 0 Å². The molecule has 0 atom stereocenters. The summed E-state index contributed by atoms with van der Waals surface area (Å²) in [6.07, 6.45) is 0. The molecule has 0 aromatic carbocycles. The second-order valence-corrected chi connectivity index (χ2v) is 5.47. The maximum atomic E-state index is 11.6. The number of ether oxygens (including phenoxy) is 1. The van der Waals surface area contributed by atoms with Crippen molar-refractivity contribution in [2.75, 3.05) is 6.61 Å². The van der Waals surface area contributed by atoms with Crippen LogP contribution in [-0.4, -0.2) is 22.5 Å². The molecule has 2 rings (SSSR count). The lowest BCUT2D eigenvalue weighted by Crippen LogP contribution is -2.03. The van der Waals surface area contributed by atoms with Crippen LogP contribution in [0.15, 0.2) is 5.38 Å². The normalized spacial score (nSPS) is 10.5. The van der Waals surface area contributed by atoms with E-state index in [-0.39, 0.29) is 5.97 Å². The number of hydrogen-bond acceptors (Lipinski definition) is 6. The van der Waals surface area contributed by atoms with Gasteiger partial charge in [0.2, 0.25) is 0 Å². The average Bonchev–Trinajstić information content (AvgIpc) is 2.85. The van der Waals surface area contributed by atoms with E-state index in [0.29, 0.717) is 17.2 Å². The van der Waals surface area contributed by atoms with Crippen molar-refractivity contribution in [3.8, 4) is 10.7 Å². The van der Waals surface area contributed by atoms with Crippen LogP contribution in [0.25, 0.3) is 10.7 Å². The molecule has 0 fully saturated rings. The Labute approximate surface area is 107 Å². The van der Waals surface area contributed by atoms with E-state index in [1.54, 1.807) is 18.3 Å². The summed E-state index contributed by atoms with van der Waals surface area (Å²) in [5.74, 6) is -0.305. The third-order valence-electron chi connectivity index (χ3n) is 2.10. The van der Waals surface area contributed by atoms with Crippen LogP contribution in [0.4, 0.5) is 0 Å². The molecule has 0 aliphatic rings. The summed E-state index contributed by atoms with van der Waals surface area (Å²) in [7, 11) is 0. The monoisotopic (exact) mass is 268 g/mol. The lowest BCUT2D eigenvalue weighted by Gasteiger charge is -1.97. The fraction of sp³-hybridized carbons (Fsp3) is 0.364. The van der Waals surface area contributed by atoms with Gasteiger partial charge >= 0.3 is 5.97 Å². The summed E-state index contributed by atoms with van der Waals surface area (Å²) in [5, 5.41) is 3.71. The standard InChI is InChI=1S/C11H12N2O2S2/c1-4-15-11(14)9-6(2)12-10(17-9)8-5-16-7(3)13-8/h5H,4H2,1-3H3. The van der Waals surface area contributed by atoms with Crippen molar-refractivity contribution < 1.29 is 9.53 Å². The predicted molar refractivity (Wildman–Crippen MR) is 68.7 cm³/mol. The predicted octanol–water partition coefficient (Wildman–Crippen LogP) is 3.06. The molecule has 6 heteroatoms. The van der Waals surface area contributed by atoms with E-state index in [0.717, 1.165) is 15.7 Å². The second kappa shape index (κ2) is 4.93. The van der Waals surface area contributed by atoms with Crippen LogP contribution in [0.2, 0.25) is 0 Å². The summed E-state index contributed by atoms with van der Waals surface area (Å²) in [6, 6.07) is 0. The number of hydrogen-bond donors (Lipinski definition) is 0. The molecule has 17 heavy (non-hydrogen) atoms. The molecule has 2 heterocycles. The maximum absolute atomic E-state index is 11.6. The van der Waals surface area contributed by atoms with Crippen LogP contribution in [0.1, 0.15) is 27.3 Å². The van der Waals surface area contributed by atoms with Crippen molar-refractivity contribution >= 4 is 28.6 Å². The Morgan fingerprint density at radius 3 is 2.76 bits per heavy atom. The molecule has 0 aliphatic carbocycles. The number of aryl methyl sites for hydroxylation is 2. The number of nitrogens with zero attached hydrogens (tertiary/aromatic N) is 2. The van der Waals surface area contributed by atoms with Crippen LogP contribution in [0, 0.1) is 13.8 Å². The first-order valence-corrected chi connectivity index (χ1v) is 6.88. The Kier molecular flexibility index (Phi) is 3.54. The molecule has 0 saturated carbocycles. The minimum Gasteiger partial charge on any atom is -0.462 e. The number of rotatable bonds is 3. The third-order valence-corrected chi connectivity index (χ3v) is 4.03. The van der Waals surface area contributed by atoms with Gasteiger partial charge in [-0.25, -0.2) is 14.8 Å². The van der Waals surface area contributed by atoms with Crippen molar-refractivity contribution in [2.24, 2.45) is 0 Å². The maximum Gasteiger partial charge on any atom is 0.350 e. The minimum absolute atomic E-state index is 0.305. The van der Waals surface area contributed by atoms with Gasteiger partial charge in [0.05, 0.1) is 17.3 Å². The van der Waals surface area contributed by atoms with Gasteiger partial charge < -0.3 is 4.74 Å². The average molecular weight is 268 g/mol. The van der Waals surface area contributed by atoms with Gasteiger partial charge in [0.25, 0.3) is 0 Å². The van der Waals surface area contributed by atoms with Crippen molar-refractivity contribution in [1.29, 1.82) is 0 Å². The number of esters is 1. The Hall–Kier alpha value is -1.27. The minimum atomic E-state index is -0.305. The summed E-state index contributed by atoms with van der Waals surface area (Å²) >= 11 is 2.90. The highest BCUT2D eigenvalue weighted by Crippen LogP contribution is 2.29. The molecular weight excluding hydrogens is 256 g/mol. The van der Waals surface area contributed by atoms with E-state index in [4.69, 9.17) is 4.74 Å². The molecule has 0 unspecified atom stereocenters. The van der Waals surface area contributed by atoms with E-state index in [9.17, 15) is 4.79 Å². The van der Waals surface area contributed by atoms with Gasteiger partial charge in [0, 0.05) is 5.38 Å². The summed E-state index contributed by atoms with van der Waals surface area (Å²) in [4.78, 5) is 20.9. The zero-order chi connectivity index (χ0) is 12.4. The topological polar surface area (TPSA) is 52.1 Å². The first kappa shape index (κ1) is 12.2. The first-order valence-electron chi connectivity index (χ1n) is 5.19. The van der Waals surface area contributed by atoms with Gasteiger partial charge in [-0.1, -0.05) is 0 Å². The van der Waals surface area contributed by atoms with Gasteiger partial charge in [0.15, 0.2) is 0 Å². The van der Waals surface area contributed by atoms with Crippen LogP contribution < -0.4 is 0 Å². The van der Waals surface area contributed by atoms with Crippen molar-refractivity contribution in [3.63, 3.8) is 0 Å². The first-order chi connectivity index (χ1) is 8.11. The molecule has 0 N–H and O–H groups in total. The van der Waals surface area contributed by atoms with Crippen LogP contribution in [-0.2, 0) is 4.74 Å². The van der Waals surface area contributed by atoms with Crippen molar-refractivity contribution in [2.45, 2.75) is 20.8 Å².